The Bertz CT molecular complexity index is 536. The molecular weight excluding hydrogens is 296 g/mol. The molecular formula is C14H18FNO6. The van der Waals surface area contributed by atoms with Crippen molar-refractivity contribution in [2.45, 2.75) is 18.9 Å². The number of alkyl halides is 1. The van der Waals surface area contributed by atoms with Crippen LogP contribution in [0.2, 0.25) is 0 Å². The number of hydrogen-bond donors (Lipinski definition) is 4. The zero-order chi connectivity index (χ0) is 16.7. The molecule has 0 spiro atoms. The second kappa shape index (κ2) is 8.18. The number of carbonyl (C=O) groups is 2. The van der Waals surface area contributed by atoms with E-state index in [4.69, 9.17) is 20.7 Å². The summed E-state index contributed by atoms with van der Waals surface area (Å²) in [6.45, 7) is -0.895. The number of ether oxygens (including phenoxy) is 1. The molecule has 0 aliphatic carbocycles. The number of rotatable bonds is 9. The molecule has 0 saturated carbocycles. The molecule has 0 heterocycles. The predicted molar refractivity (Wildman–Crippen MR) is 74.6 cm³/mol. The van der Waals surface area contributed by atoms with Gasteiger partial charge in [0.15, 0.2) is 11.5 Å². The van der Waals surface area contributed by atoms with Crippen molar-refractivity contribution in [3.63, 3.8) is 0 Å². The van der Waals surface area contributed by atoms with Crippen LogP contribution in [0.25, 0.3) is 0 Å². The number of hydrogen-bond acceptors (Lipinski definition) is 5. The van der Waals surface area contributed by atoms with Gasteiger partial charge in [-0.05, 0) is 30.5 Å². The average Bonchev–Trinajstić information content (AvgIpc) is 2.45. The molecule has 0 saturated heterocycles. The largest absolute Gasteiger partial charge is 0.504 e. The number of carboxylic acids is 2. The van der Waals surface area contributed by atoms with Gasteiger partial charge in [0.1, 0.15) is 19.3 Å². The maximum atomic E-state index is 12.0. The highest BCUT2D eigenvalue weighted by Gasteiger charge is 2.25. The summed E-state index contributed by atoms with van der Waals surface area (Å²) < 4.78 is 17.0. The van der Waals surface area contributed by atoms with Gasteiger partial charge < -0.3 is 25.8 Å². The van der Waals surface area contributed by atoms with Crippen molar-refractivity contribution >= 4 is 11.9 Å². The van der Waals surface area contributed by atoms with Crippen molar-refractivity contribution in [2.24, 2.45) is 11.7 Å². The normalized spacial score (nSPS) is 13.4. The fourth-order valence-corrected chi connectivity index (χ4v) is 1.92. The highest BCUT2D eigenvalue weighted by Crippen LogP contribution is 2.28. The molecule has 1 rings (SSSR count). The lowest BCUT2D eigenvalue weighted by atomic mass is 9.93. The van der Waals surface area contributed by atoms with Crippen LogP contribution in [0.5, 0.6) is 11.5 Å². The molecule has 0 fully saturated rings. The van der Waals surface area contributed by atoms with Gasteiger partial charge in [0.2, 0.25) is 0 Å². The number of halogens is 1. The summed E-state index contributed by atoms with van der Waals surface area (Å²) in [6.07, 6.45) is -0.223. The molecule has 1 unspecified atom stereocenters. The second-order valence-electron chi connectivity index (χ2n) is 4.76. The van der Waals surface area contributed by atoms with E-state index >= 15 is 0 Å². The van der Waals surface area contributed by atoms with E-state index in [0.717, 1.165) is 0 Å². The van der Waals surface area contributed by atoms with Gasteiger partial charge in [0.05, 0.1) is 5.92 Å². The Kier molecular flexibility index (Phi) is 6.58. The number of phenols is 1. The first-order chi connectivity index (χ1) is 10.3. The fourth-order valence-electron chi connectivity index (χ4n) is 1.92. The summed E-state index contributed by atoms with van der Waals surface area (Å²) in [5.41, 5.74) is 5.83. The zero-order valence-electron chi connectivity index (χ0n) is 11.7. The van der Waals surface area contributed by atoms with Crippen LogP contribution in [0, 0.1) is 5.92 Å². The number of benzene rings is 1. The molecule has 0 aliphatic rings. The summed E-state index contributed by atoms with van der Waals surface area (Å²) in [7, 11) is 0. The van der Waals surface area contributed by atoms with E-state index in [9.17, 15) is 19.1 Å². The van der Waals surface area contributed by atoms with E-state index in [-0.39, 0.29) is 30.9 Å². The molecule has 122 valence electrons. The molecule has 0 bridgehead atoms. The van der Waals surface area contributed by atoms with E-state index in [1.54, 1.807) is 0 Å². The quantitative estimate of drug-likeness (QED) is 0.530. The SMILES string of the molecule is N[C@@H](CC(Cc1ccc(OCC[18F])c(O)c1)C(=O)O)C(=O)O. The zero-order valence-corrected chi connectivity index (χ0v) is 11.7. The summed E-state index contributed by atoms with van der Waals surface area (Å²) in [5, 5.41) is 27.6. The highest BCUT2D eigenvalue weighted by molar-refractivity contribution is 5.76. The minimum absolute atomic E-state index is 0.00721. The molecule has 2 atom stereocenters. The first-order valence-corrected chi connectivity index (χ1v) is 6.57. The van der Waals surface area contributed by atoms with Crippen molar-refractivity contribution in [2.75, 3.05) is 13.3 Å². The van der Waals surface area contributed by atoms with Gasteiger partial charge in [0.25, 0.3) is 0 Å². The van der Waals surface area contributed by atoms with E-state index in [1.165, 1.54) is 18.2 Å². The van der Waals surface area contributed by atoms with Crippen LogP contribution in [-0.2, 0) is 16.0 Å². The average molecular weight is 314 g/mol. The van der Waals surface area contributed by atoms with E-state index in [1.807, 2.05) is 0 Å². The molecule has 1 aromatic carbocycles. The highest BCUT2D eigenvalue weighted by atomic mass is 18.2. The maximum Gasteiger partial charge on any atom is 0.320 e. The van der Waals surface area contributed by atoms with Crippen LogP contribution >= 0.6 is 0 Å². The molecule has 0 aromatic heterocycles. The Balaban J connectivity index is 2.79. The smallest absolute Gasteiger partial charge is 0.320 e. The maximum absolute atomic E-state index is 12.0. The van der Waals surface area contributed by atoms with Gasteiger partial charge in [-0.2, -0.15) is 0 Å². The Labute approximate surface area is 126 Å². The summed E-state index contributed by atoms with van der Waals surface area (Å²) >= 11 is 0. The van der Waals surface area contributed by atoms with Crippen molar-refractivity contribution in [3.05, 3.63) is 23.8 Å². The number of aromatic hydroxyl groups is 1. The van der Waals surface area contributed by atoms with Gasteiger partial charge in [-0.1, -0.05) is 6.07 Å². The Morgan fingerprint density at radius 3 is 2.45 bits per heavy atom. The van der Waals surface area contributed by atoms with Gasteiger partial charge in [-0.15, -0.1) is 0 Å². The monoisotopic (exact) mass is 314 g/mol. The third-order valence-electron chi connectivity index (χ3n) is 3.05. The van der Waals surface area contributed by atoms with Gasteiger partial charge in [-0.25, -0.2) is 4.39 Å². The lowest BCUT2D eigenvalue weighted by molar-refractivity contribution is -0.143. The van der Waals surface area contributed by atoms with E-state index < -0.39 is 30.6 Å². The van der Waals surface area contributed by atoms with Crippen LogP contribution in [0.15, 0.2) is 18.2 Å². The molecule has 5 N–H and O–H groups in total. The summed E-state index contributed by atoms with van der Waals surface area (Å²) in [4.78, 5) is 21.9. The Hall–Kier alpha value is -2.35. The van der Waals surface area contributed by atoms with Crippen molar-refractivity contribution in [1.29, 1.82) is 0 Å². The Morgan fingerprint density at radius 1 is 1.27 bits per heavy atom. The number of nitrogens with two attached hydrogens (primary N) is 1. The van der Waals surface area contributed by atoms with Gasteiger partial charge >= 0.3 is 11.9 Å². The van der Waals surface area contributed by atoms with Gasteiger partial charge in [0, 0.05) is 0 Å². The van der Waals surface area contributed by atoms with E-state index in [0.29, 0.717) is 5.56 Å². The van der Waals surface area contributed by atoms with Crippen LogP contribution in [0.3, 0.4) is 0 Å². The summed E-state index contributed by atoms with van der Waals surface area (Å²) in [5.74, 6) is -3.59. The molecule has 22 heavy (non-hydrogen) atoms. The first kappa shape index (κ1) is 17.7. The van der Waals surface area contributed by atoms with Crippen molar-refractivity contribution < 1.29 is 34.0 Å². The molecule has 0 amide bonds. The van der Waals surface area contributed by atoms with Crippen molar-refractivity contribution in [3.8, 4) is 11.5 Å². The third-order valence-corrected chi connectivity index (χ3v) is 3.05. The topological polar surface area (TPSA) is 130 Å². The third kappa shape index (κ3) is 5.21. The number of carboxylic acid groups (broad SMARTS) is 2. The Morgan fingerprint density at radius 2 is 1.95 bits per heavy atom. The van der Waals surface area contributed by atoms with Crippen molar-refractivity contribution in [1.82, 2.24) is 0 Å². The molecule has 0 radical (unpaired) electrons. The first-order valence-electron chi connectivity index (χ1n) is 6.57. The lowest BCUT2D eigenvalue weighted by Crippen LogP contribution is -2.35. The van der Waals surface area contributed by atoms with Gasteiger partial charge in [-0.3, -0.25) is 9.59 Å². The minimum Gasteiger partial charge on any atom is -0.504 e. The standard InChI is InChI=1S/C14H18FNO6/c15-3-4-22-12-2-1-8(6-11(12)17)5-9(13(18)19)7-10(16)14(20)21/h1-2,6,9-10,17H,3-5,7,16H2,(H,18,19)(H,20,21)/t9?,10-/m0/s1/i15-1. The number of aliphatic carboxylic acids is 2. The predicted octanol–water partition coefficient (Wildman–Crippen LogP) is 0.786. The second-order valence-corrected chi connectivity index (χ2v) is 4.76. The molecule has 8 heteroatoms. The van der Waals surface area contributed by atoms with Crippen LogP contribution in [0.4, 0.5) is 4.39 Å². The van der Waals surface area contributed by atoms with Crippen LogP contribution in [-0.4, -0.2) is 46.6 Å². The lowest BCUT2D eigenvalue weighted by Gasteiger charge is -2.15. The van der Waals surface area contributed by atoms with Crippen LogP contribution < -0.4 is 10.5 Å². The molecule has 0 aliphatic heterocycles. The van der Waals surface area contributed by atoms with E-state index in [2.05, 4.69) is 0 Å². The number of phenolic OH excluding ortho intramolecular Hbond substituents is 1. The molecule has 1 aromatic rings. The summed E-state index contributed by atoms with van der Waals surface area (Å²) in [6, 6.07) is 2.95. The molecule has 7 nitrogen and oxygen atoms in total. The minimum atomic E-state index is -1.28. The van der Waals surface area contributed by atoms with Crippen LogP contribution in [0.1, 0.15) is 12.0 Å². The fraction of sp³-hybridized carbons (Fsp3) is 0.429.